The molecule has 1 heteroatoms. The summed E-state index contributed by atoms with van der Waals surface area (Å²) >= 11 is 0. The SMILES string of the molecule is CC1=C(CCCCC=O)C(C)(C)CCC1. The molecule has 0 bridgehead atoms. The first-order chi connectivity index (χ1) is 7.08. The number of hydrogen-bond donors (Lipinski definition) is 0. The number of aldehydes is 1. The fourth-order valence-electron chi connectivity index (χ4n) is 2.76. The number of hydrogen-bond acceptors (Lipinski definition) is 1. The largest absolute Gasteiger partial charge is 0.303 e. The third-order valence-electron chi connectivity index (χ3n) is 3.68. The monoisotopic (exact) mass is 208 g/mol. The number of carbonyl (C=O) groups is 1. The smallest absolute Gasteiger partial charge is 0.119 e. The lowest BCUT2D eigenvalue weighted by Gasteiger charge is -2.34. The lowest BCUT2D eigenvalue weighted by Crippen LogP contribution is -2.20. The van der Waals surface area contributed by atoms with E-state index in [1.165, 1.54) is 32.1 Å². The average Bonchev–Trinajstić information content (AvgIpc) is 2.15. The van der Waals surface area contributed by atoms with Crippen molar-refractivity contribution < 1.29 is 4.79 Å². The van der Waals surface area contributed by atoms with Gasteiger partial charge in [-0.05, 0) is 50.9 Å². The van der Waals surface area contributed by atoms with Crippen LogP contribution >= 0.6 is 0 Å². The van der Waals surface area contributed by atoms with Gasteiger partial charge in [0.25, 0.3) is 0 Å². The van der Waals surface area contributed by atoms with Crippen LogP contribution in [0.2, 0.25) is 0 Å². The van der Waals surface area contributed by atoms with Crippen molar-refractivity contribution in [2.75, 3.05) is 0 Å². The minimum atomic E-state index is 0.406. The molecule has 1 aliphatic rings. The molecule has 0 aromatic heterocycles. The molecule has 0 aromatic rings. The van der Waals surface area contributed by atoms with E-state index in [4.69, 9.17) is 0 Å². The predicted molar refractivity (Wildman–Crippen MR) is 64.9 cm³/mol. The number of rotatable bonds is 5. The Bertz CT molecular complexity index is 248. The van der Waals surface area contributed by atoms with Crippen LogP contribution in [0.1, 0.15) is 65.7 Å². The van der Waals surface area contributed by atoms with E-state index in [1.54, 1.807) is 11.1 Å². The molecule has 0 aliphatic heterocycles. The van der Waals surface area contributed by atoms with Crippen LogP contribution in [-0.4, -0.2) is 6.29 Å². The third-order valence-corrected chi connectivity index (χ3v) is 3.68. The molecule has 0 fully saturated rings. The molecule has 15 heavy (non-hydrogen) atoms. The topological polar surface area (TPSA) is 17.1 Å². The lowest BCUT2D eigenvalue weighted by atomic mass is 9.71. The molecular formula is C14H24O. The Balaban J connectivity index is 2.52. The maximum Gasteiger partial charge on any atom is 0.119 e. The summed E-state index contributed by atoms with van der Waals surface area (Å²) in [6.45, 7) is 7.02. The van der Waals surface area contributed by atoms with Gasteiger partial charge in [-0.2, -0.15) is 0 Å². The zero-order valence-corrected chi connectivity index (χ0v) is 10.4. The number of carbonyl (C=O) groups excluding carboxylic acids is 1. The summed E-state index contributed by atoms with van der Waals surface area (Å²) in [5.41, 5.74) is 3.68. The molecule has 0 saturated heterocycles. The third kappa shape index (κ3) is 3.48. The molecule has 0 heterocycles. The van der Waals surface area contributed by atoms with Crippen LogP contribution in [0.15, 0.2) is 11.1 Å². The normalized spacial score (nSPS) is 20.5. The maximum atomic E-state index is 10.2. The summed E-state index contributed by atoms with van der Waals surface area (Å²) in [4.78, 5) is 10.2. The van der Waals surface area contributed by atoms with E-state index in [-0.39, 0.29) is 0 Å². The van der Waals surface area contributed by atoms with Crippen LogP contribution < -0.4 is 0 Å². The van der Waals surface area contributed by atoms with E-state index < -0.39 is 0 Å². The van der Waals surface area contributed by atoms with E-state index in [9.17, 15) is 4.79 Å². The first-order valence-corrected chi connectivity index (χ1v) is 6.20. The van der Waals surface area contributed by atoms with Crippen LogP contribution in [-0.2, 0) is 4.79 Å². The van der Waals surface area contributed by atoms with Crippen LogP contribution in [0.4, 0.5) is 0 Å². The van der Waals surface area contributed by atoms with Crippen LogP contribution in [0.3, 0.4) is 0 Å². The fourth-order valence-corrected chi connectivity index (χ4v) is 2.76. The van der Waals surface area contributed by atoms with Gasteiger partial charge in [-0.15, -0.1) is 0 Å². The van der Waals surface area contributed by atoms with Crippen molar-refractivity contribution in [3.05, 3.63) is 11.1 Å². The minimum Gasteiger partial charge on any atom is -0.303 e. The van der Waals surface area contributed by atoms with Crippen molar-refractivity contribution in [1.29, 1.82) is 0 Å². The summed E-state index contributed by atoms with van der Waals surface area (Å²) in [7, 11) is 0. The van der Waals surface area contributed by atoms with E-state index >= 15 is 0 Å². The molecule has 0 atom stereocenters. The van der Waals surface area contributed by atoms with E-state index in [0.717, 1.165) is 19.1 Å². The van der Waals surface area contributed by atoms with Crippen molar-refractivity contribution >= 4 is 6.29 Å². The van der Waals surface area contributed by atoms with Crippen molar-refractivity contribution in [3.63, 3.8) is 0 Å². The quantitative estimate of drug-likeness (QED) is 0.374. The zero-order chi connectivity index (χ0) is 11.3. The Morgan fingerprint density at radius 1 is 1.33 bits per heavy atom. The van der Waals surface area contributed by atoms with Crippen molar-refractivity contribution in [2.45, 2.75) is 65.7 Å². The van der Waals surface area contributed by atoms with Crippen molar-refractivity contribution in [3.8, 4) is 0 Å². The predicted octanol–water partition coefficient (Wildman–Crippen LogP) is 4.27. The molecule has 86 valence electrons. The molecule has 1 aliphatic carbocycles. The molecule has 1 nitrogen and oxygen atoms in total. The Labute approximate surface area is 93.9 Å². The van der Waals surface area contributed by atoms with Gasteiger partial charge in [0.2, 0.25) is 0 Å². The van der Waals surface area contributed by atoms with E-state index in [2.05, 4.69) is 20.8 Å². The van der Waals surface area contributed by atoms with Gasteiger partial charge in [-0.1, -0.05) is 25.0 Å². The van der Waals surface area contributed by atoms with Gasteiger partial charge in [0.05, 0.1) is 0 Å². The second kappa shape index (κ2) is 5.48. The van der Waals surface area contributed by atoms with Crippen LogP contribution in [0, 0.1) is 5.41 Å². The average molecular weight is 208 g/mol. The second-order valence-corrected chi connectivity index (χ2v) is 5.41. The Morgan fingerprint density at radius 3 is 2.67 bits per heavy atom. The lowest BCUT2D eigenvalue weighted by molar-refractivity contribution is -0.107. The van der Waals surface area contributed by atoms with Crippen LogP contribution in [0.5, 0.6) is 0 Å². The Morgan fingerprint density at radius 2 is 2.07 bits per heavy atom. The molecule has 0 amide bonds. The second-order valence-electron chi connectivity index (χ2n) is 5.41. The highest BCUT2D eigenvalue weighted by Crippen LogP contribution is 2.42. The Hall–Kier alpha value is -0.590. The van der Waals surface area contributed by atoms with Crippen molar-refractivity contribution in [1.82, 2.24) is 0 Å². The van der Waals surface area contributed by atoms with Gasteiger partial charge in [-0.3, -0.25) is 0 Å². The molecule has 1 rings (SSSR count). The van der Waals surface area contributed by atoms with Gasteiger partial charge >= 0.3 is 0 Å². The molecule has 0 unspecified atom stereocenters. The standard InChI is InChI=1S/C14H24O/c1-12-8-7-10-14(2,3)13(12)9-5-4-6-11-15/h11H,4-10H2,1-3H3. The first-order valence-electron chi connectivity index (χ1n) is 6.20. The molecule has 0 N–H and O–H groups in total. The van der Waals surface area contributed by atoms with Gasteiger partial charge in [0, 0.05) is 6.42 Å². The number of allylic oxidation sites excluding steroid dienone is 2. The summed E-state index contributed by atoms with van der Waals surface area (Å²) in [6.07, 6.45) is 9.15. The van der Waals surface area contributed by atoms with Gasteiger partial charge in [-0.25, -0.2) is 0 Å². The number of unbranched alkanes of at least 4 members (excludes halogenated alkanes) is 2. The summed E-state index contributed by atoms with van der Waals surface area (Å²) in [6, 6.07) is 0. The summed E-state index contributed by atoms with van der Waals surface area (Å²) < 4.78 is 0. The highest BCUT2D eigenvalue weighted by atomic mass is 16.1. The summed E-state index contributed by atoms with van der Waals surface area (Å²) in [5, 5.41) is 0. The molecule has 0 spiro atoms. The highest BCUT2D eigenvalue weighted by molar-refractivity contribution is 5.48. The van der Waals surface area contributed by atoms with Gasteiger partial charge in [0.1, 0.15) is 6.29 Å². The molecule has 0 saturated carbocycles. The van der Waals surface area contributed by atoms with E-state index in [0.29, 0.717) is 5.41 Å². The first kappa shape index (κ1) is 12.5. The maximum absolute atomic E-state index is 10.2. The molecule has 0 radical (unpaired) electrons. The highest BCUT2D eigenvalue weighted by Gasteiger charge is 2.27. The van der Waals surface area contributed by atoms with Crippen LogP contribution in [0.25, 0.3) is 0 Å². The van der Waals surface area contributed by atoms with Crippen molar-refractivity contribution in [2.24, 2.45) is 5.41 Å². The van der Waals surface area contributed by atoms with E-state index in [1.807, 2.05) is 0 Å². The van der Waals surface area contributed by atoms with Gasteiger partial charge in [0.15, 0.2) is 0 Å². The fraction of sp³-hybridized carbons (Fsp3) is 0.786. The molecular weight excluding hydrogens is 184 g/mol. The zero-order valence-electron chi connectivity index (χ0n) is 10.4. The Kier molecular flexibility index (Phi) is 4.56. The molecule has 0 aromatic carbocycles. The summed E-state index contributed by atoms with van der Waals surface area (Å²) in [5.74, 6) is 0. The minimum absolute atomic E-state index is 0.406. The van der Waals surface area contributed by atoms with Gasteiger partial charge < -0.3 is 4.79 Å².